The predicted molar refractivity (Wildman–Crippen MR) is 111 cm³/mol. The molecule has 0 aliphatic carbocycles. The minimum absolute atomic E-state index is 0.112. The van der Waals surface area contributed by atoms with Crippen molar-refractivity contribution in [1.29, 1.82) is 0 Å². The third-order valence-electron chi connectivity index (χ3n) is 4.00. The van der Waals surface area contributed by atoms with Gasteiger partial charge in [0.1, 0.15) is 5.82 Å². The first-order valence-electron chi connectivity index (χ1n) is 8.86. The molecule has 28 heavy (non-hydrogen) atoms. The van der Waals surface area contributed by atoms with Crippen LogP contribution in [0.2, 0.25) is 0 Å². The summed E-state index contributed by atoms with van der Waals surface area (Å²) in [4.78, 5) is 20.3. The van der Waals surface area contributed by atoms with Gasteiger partial charge in [0, 0.05) is 36.3 Å². The van der Waals surface area contributed by atoms with E-state index in [1.165, 1.54) is 6.92 Å². The largest absolute Gasteiger partial charge is 0.493 e. The molecule has 3 aromatic rings. The van der Waals surface area contributed by atoms with E-state index in [0.29, 0.717) is 29.8 Å². The maximum absolute atomic E-state index is 11.2. The van der Waals surface area contributed by atoms with E-state index in [0.717, 1.165) is 22.3 Å². The molecule has 0 aliphatic heterocycles. The fourth-order valence-corrected chi connectivity index (χ4v) is 2.76. The number of ether oxygens (including phenoxy) is 2. The highest BCUT2D eigenvalue weighted by molar-refractivity contribution is 5.94. The number of hydrogen-bond acceptors (Lipinski definition) is 7. The molecular weight excluding hydrogens is 358 g/mol. The van der Waals surface area contributed by atoms with E-state index in [2.05, 4.69) is 25.9 Å². The lowest BCUT2D eigenvalue weighted by atomic mass is 10.2. The SMILES string of the molecule is CCNc1nc(Nc2ccc(NC(C)=O)cc2)c2cc(OC)c(OC)cc2n1. The molecule has 8 nitrogen and oxygen atoms in total. The van der Waals surface area contributed by atoms with Gasteiger partial charge in [-0.3, -0.25) is 4.79 Å². The highest BCUT2D eigenvalue weighted by Crippen LogP contribution is 2.35. The summed E-state index contributed by atoms with van der Waals surface area (Å²) in [6, 6.07) is 11.0. The van der Waals surface area contributed by atoms with Crippen molar-refractivity contribution < 1.29 is 14.3 Å². The van der Waals surface area contributed by atoms with Gasteiger partial charge in [-0.1, -0.05) is 0 Å². The minimum Gasteiger partial charge on any atom is -0.493 e. The zero-order valence-electron chi connectivity index (χ0n) is 16.3. The Bertz CT molecular complexity index is 989. The lowest BCUT2D eigenvalue weighted by Crippen LogP contribution is -2.06. The average Bonchev–Trinajstić information content (AvgIpc) is 2.68. The van der Waals surface area contributed by atoms with Crippen molar-refractivity contribution in [3.05, 3.63) is 36.4 Å². The van der Waals surface area contributed by atoms with Gasteiger partial charge in [-0.2, -0.15) is 4.98 Å². The molecule has 2 aromatic carbocycles. The molecule has 0 spiro atoms. The molecule has 0 saturated carbocycles. The molecule has 0 bridgehead atoms. The summed E-state index contributed by atoms with van der Waals surface area (Å²) in [6.45, 7) is 4.16. The Kier molecular flexibility index (Phi) is 5.78. The van der Waals surface area contributed by atoms with Crippen molar-refractivity contribution in [3.8, 4) is 11.5 Å². The van der Waals surface area contributed by atoms with Crippen molar-refractivity contribution in [1.82, 2.24) is 9.97 Å². The average molecular weight is 381 g/mol. The Morgan fingerprint density at radius 2 is 1.64 bits per heavy atom. The van der Waals surface area contributed by atoms with Crippen molar-refractivity contribution in [2.45, 2.75) is 13.8 Å². The van der Waals surface area contributed by atoms with Gasteiger partial charge in [-0.15, -0.1) is 0 Å². The molecule has 0 atom stereocenters. The van der Waals surface area contributed by atoms with Gasteiger partial charge in [0.25, 0.3) is 0 Å². The topological polar surface area (TPSA) is 97.4 Å². The third kappa shape index (κ3) is 4.22. The Labute approximate surface area is 163 Å². The van der Waals surface area contributed by atoms with Crippen LogP contribution in [0.15, 0.2) is 36.4 Å². The van der Waals surface area contributed by atoms with Gasteiger partial charge in [0.15, 0.2) is 11.5 Å². The van der Waals surface area contributed by atoms with Gasteiger partial charge in [-0.05, 0) is 37.3 Å². The number of aromatic nitrogens is 2. The van der Waals surface area contributed by atoms with Crippen LogP contribution in [0, 0.1) is 0 Å². The molecule has 1 heterocycles. The maximum Gasteiger partial charge on any atom is 0.225 e. The quantitative estimate of drug-likeness (QED) is 0.573. The predicted octanol–water partition coefficient (Wildman–Crippen LogP) is 3.78. The molecule has 0 unspecified atom stereocenters. The van der Waals surface area contributed by atoms with Crippen molar-refractivity contribution in [2.75, 3.05) is 36.7 Å². The van der Waals surface area contributed by atoms with Crippen LogP contribution in [-0.4, -0.2) is 36.6 Å². The Morgan fingerprint density at radius 3 is 2.25 bits per heavy atom. The van der Waals surface area contributed by atoms with E-state index in [1.807, 2.05) is 43.3 Å². The highest BCUT2D eigenvalue weighted by atomic mass is 16.5. The number of anilines is 4. The molecular formula is C20H23N5O3. The van der Waals surface area contributed by atoms with Gasteiger partial charge >= 0.3 is 0 Å². The zero-order valence-corrected chi connectivity index (χ0v) is 16.3. The number of carbonyl (C=O) groups is 1. The number of rotatable bonds is 7. The molecule has 0 saturated heterocycles. The second-order valence-corrected chi connectivity index (χ2v) is 6.03. The second kappa shape index (κ2) is 8.43. The Hall–Kier alpha value is -3.55. The zero-order chi connectivity index (χ0) is 20.1. The highest BCUT2D eigenvalue weighted by Gasteiger charge is 2.13. The van der Waals surface area contributed by atoms with E-state index >= 15 is 0 Å². The number of nitrogens with one attached hydrogen (secondary N) is 3. The number of amides is 1. The number of benzene rings is 2. The number of carbonyl (C=O) groups excluding carboxylic acids is 1. The summed E-state index contributed by atoms with van der Waals surface area (Å²) in [5, 5.41) is 10.00. The molecule has 8 heteroatoms. The first-order valence-corrected chi connectivity index (χ1v) is 8.86. The lowest BCUT2D eigenvalue weighted by Gasteiger charge is -2.14. The van der Waals surface area contributed by atoms with Gasteiger partial charge < -0.3 is 25.4 Å². The van der Waals surface area contributed by atoms with Crippen LogP contribution in [0.4, 0.5) is 23.1 Å². The first kappa shape index (κ1) is 19.2. The monoisotopic (exact) mass is 381 g/mol. The van der Waals surface area contributed by atoms with Crippen LogP contribution in [0.25, 0.3) is 10.9 Å². The standard InChI is InChI=1S/C20H23N5O3/c1-5-21-20-24-16-11-18(28-4)17(27-3)10-15(16)19(25-20)23-14-8-6-13(7-9-14)22-12(2)26/h6-11H,5H2,1-4H3,(H,22,26)(H2,21,23,24,25). The number of fused-ring (bicyclic) bond motifs is 1. The summed E-state index contributed by atoms with van der Waals surface area (Å²) >= 11 is 0. The summed E-state index contributed by atoms with van der Waals surface area (Å²) in [5.41, 5.74) is 2.28. The number of hydrogen-bond donors (Lipinski definition) is 3. The van der Waals surface area contributed by atoms with Crippen molar-refractivity contribution in [3.63, 3.8) is 0 Å². The van der Waals surface area contributed by atoms with E-state index in [9.17, 15) is 4.79 Å². The van der Waals surface area contributed by atoms with Crippen LogP contribution in [0.5, 0.6) is 11.5 Å². The molecule has 0 fully saturated rings. The molecule has 1 aromatic heterocycles. The van der Waals surface area contributed by atoms with E-state index in [1.54, 1.807) is 14.2 Å². The molecule has 1 amide bonds. The normalized spacial score (nSPS) is 10.4. The van der Waals surface area contributed by atoms with Crippen LogP contribution in [0.3, 0.4) is 0 Å². The molecule has 3 N–H and O–H groups in total. The van der Waals surface area contributed by atoms with Crippen LogP contribution >= 0.6 is 0 Å². The Morgan fingerprint density at radius 1 is 1.00 bits per heavy atom. The molecule has 0 radical (unpaired) electrons. The number of nitrogens with zero attached hydrogens (tertiary/aromatic N) is 2. The Balaban J connectivity index is 2.03. The molecule has 3 rings (SSSR count). The fourth-order valence-electron chi connectivity index (χ4n) is 2.76. The maximum atomic E-state index is 11.2. The van der Waals surface area contributed by atoms with Crippen molar-refractivity contribution >= 4 is 40.0 Å². The molecule has 0 aliphatic rings. The summed E-state index contributed by atoms with van der Waals surface area (Å²) < 4.78 is 10.8. The van der Waals surface area contributed by atoms with Crippen molar-refractivity contribution in [2.24, 2.45) is 0 Å². The first-order chi connectivity index (χ1) is 13.5. The van der Waals surface area contributed by atoms with Gasteiger partial charge in [0.2, 0.25) is 11.9 Å². The summed E-state index contributed by atoms with van der Waals surface area (Å²) in [5.74, 6) is 2.23. The van der Waals surface area contributed by atoms with Gasteiger partial charge in [0.05, 0.1) is 19.7 Å². The van der Waals surface area contributed by atoms with Crippen LogP contribution in [-0.2, 0) is 4.79 Å². The van der Waals surface area contributed by atoms with Crippen LogP contribution < -0.4 is 25.4 Å². The van der Waals surface area contributed by atoms with Gasteiger partial charge in [-0.25, -0.2) is 4.98 Å². The third-order valence-corrected chi connectivity index (χ3v) is 4.00. The van der Waals surface area contributed by atoms with Crippen LogP contribution in [0.1, 0.15) is 13.8 Å². The summed E-state index contributed by atoms with van der Waals surface area (Å²) in [6.07, 6.45) is 0. The second-order valence-electron chi connectivity index (χ2n) is 6.03. The molecule has 146 valence electrons. The van der Waals surface area contributed by atoms with E-state index in [4.69, 9.17) is 9.47 Å². The minimum atomic E-state index is -0.112. The number of methoxy groups -OCH3 is 2. The lowest BCUT2D eigenvalue weighted by molar-refractivity contribution is -0.114. The van der Waals surface area contributed by atoms with E-state index in [-0.39, 0.29) is 5.91 Å². The summed E-state index contributed by atoms with van der Waals surface area (Å²) in [7, 11) is 3.18. The van der Waals surface area contributed by atoms with E-state index < -0.39 is 0 Å². The smallest absolute Gasteiger partial charge is 0.225 e. The fraction of sp³-hybridized carbons (Fsp3) is 0.250.